The van der Waals surface area contributed by atoms with Crippen molar-refractivity contribution in [3.63, 3.8) is 0 Å². The quantitative estimate of drug-likeness (QED) is 0.556. The van der Waals surface area contributed by atoms with E-state index in [1.807, 2.05) is 44.3 Å². The molecule has 0 fully saturated rings. The summed E-state index contributed by atoms with van der Waals surface area (Å²) < 4.78 is 5.92. The highest BCUT2D eigenvalue weighted by Gasteiger charge is 2.25. The number of aliphatic hydroxyl groups excluding tert-OH is 1. The molecule has 0 spiro atoms. The molecule has 4 N–H and O–H groups in total. The average molecular weight is 439 g/mol. The Kier molecular flexibility index (Phi) is 5.71. The van der Waals surface area contributed by atoms with Crippen LogP contribution in [0, 0.1) is 0 Å². The average Bonchev–Trinajstić information content (AvgIpc) is 3.04. The highest BCUT2D eigenvalue weighted by atomic mass is 35.5. The summed E-state index contributed by atoms with van der Waals surface area (Å²) in [7, 11) is 1.81. The van der Waals surface area contributed by atoms with Crippen molar-refractivity contribution in [2.75, 3.05) is 23.0 Å². The minimum atomic E-state index is -0.560. The fourth-order valence-electron chi connectivity index (χ4n) is 3.56. The minimum Gasteiger partial charge on any atom is -0.482 e. The number of aliphatic hydroxyl groups is 1. The third kappa shape index (κ3) is 4.42. The summed E-state index contributed by atoms with van der Waals surface area (Å²) in [5, 5.41) is 13.4. The predicted molar refractivity (Wildman–Crippen MR) is 122 cm³/mol. The molecule has 2 aromatic carbocycles. The Morgan fingerprint density at radius 2 is 2.13 bits per heavy atom. The Hall–Kier alpha value is -3.29. The number of ether oxygens (including phenoxy) is 1. The Bertz CT molecular complexity index is 1140. The molecule has 8 heteroatoms. The Morgan fingerprint density at radius 3 is 2.94 bits per heavy atom. The molecule has 0 bridgehead atoms. The number of anilines is 3. The van der Waals surface area contributed by atoms with Gasteiger partial charge in [0.2, 0.25) is 0 Å². The van der Waals surface area contributed by atoms with Crippen molar-refractivity contribution in [1.29, 1.82) is 0 Å². The predicted octanol–water partition coefficient (Wildman–Crippen LogP) is 4.02. The van der Waals surface area contributed by atoms with E-state index in [4.69, 9.17) is 22.1 Å². The number of carbonyl (C=O) groups excluding carboxylic acids is 1. The van der Waals surface area contributed by atoms with Crippen LogP contribution >= 0.6 is 11.6 Å². The molecule has 0 aliphatic carbocycles. The summed E-state index contributed by atoms with van der Waals surface area (Å²) in [5.41, 5.74) is 9.77. The van der Waals surface area contributed by atoms with E-state index in [2.05, 4.69) is 10.3 Å². The summed E-state index contributed by atoms with van der Waals surface area (Å²) in [5.74, 6) is 0.429. The Balaban J connectivity index is 1.49. The van der Waals surface area contributed by atoms with E-state index in [1.165, 1.54) is 6.20 Å². The van der Waals surface area contributed by atoms with Gasteiger partial charge in [0.25, 0.3) is 5.91 Å². The first-order chi connectivity index (χ1) is 14.8. The van der Waals surface area contributed by atoms with Gasteiger partial charge in [-0.25, -0.2) is 4.98 Å². The maximum absolute atomic E-state index is 12.8. The van der Waals surface area contributed by atoms with Crippen LogP contribution in [0.4, 0.5) is 17.2 Å². The summed E-state index contributed by atoms with van der Waals surface area (Å²) in [4.78, 5) is 18.6. The van der Waals surface area contributed by atoms with Gasteiger partial charge >= 0.3 is 0 Å². The lowest BCUT2D eigenvalue weighted by atomic mass is 10.1. The number of aromatic nitrogens is 1. The first kappa shape index (κ1) is 21.0. The Morgan fingerprint density at radius 1 is 1.32 bits per heavy atom. The van der Waals surface area contributed by atoms with Crippen LogP contribution in [0.15, 0.2) is 54.7 Å². The third-order valence-corrected chi connectivity index (χ3v) is 5.55. The number of halogens is 1. The number of nitrogen functional groups attached to an aromatic ring is 1. The molecule has 1 aromatic heterocycles. The summed E-state index contributed by atoms with van der Waals surface area (Å²) in [6.07, 6.45) is 1.12. The monoisotopic (exact) mass is 438 g/mol. The summed E-state index contributed by atoms with van der Waals surface area (Å²) in [6.45, 7) is 1.88. The SMILES string of the molecule is C[C@@H](Oc1cc(Cl)cnc1N)c1cccc(NC(=O)c2ccc3c(c2)N(C)C(O)C3)c1. The van der Waals surface area contributed by atoms with E-state index in [0.717, 1.165) is 16.8 Å². The van der Waals surface area contributed by atoms with E-state index in [0.29, 0.717) is 28.4 Å². The lowest BCUT2D eigenvalue weighted by Gasteiger charge is -2.18. The number of fused-ring (bicyclic) bond motifs is 1. The molecule has 2 atom stereocenters. The zero-order valence-electron chi connectivity index (χ0n) is 17.2. The van der Waals surface area contributed by atoms with Gasteiger partial charge in [0.05, 0.1) is 5.02 Å². The van der Waals surface area contributed by atoms with Crippen LogP contribution in [-0.4, -0.2) is 29.3 Å². The van der Waals surface area contributed by atoms with E-state index in [1.54, 1.807) is 23.1 Å². The number of benzene rings is 2. The fourth-order valence-corrected chi connectivity index (χ4v) is 3.70. The van der Waals surface area contributed by atoms with Gasteiger partial charge < -0.3 is 25.8 Å². The third-order valence-electron chi connectivity index (χ3n) is 5.34. The molecule has 160 valence electrons. The molecule has 7 nitrogen and oxygen atoms in total. The number of rotatable bonds is 5. The van der Waals surface area contributed by atoms with Crippen molar-refractivity contribution in [3.8, 4) is 5.75 Å². The standard InChI is InChI=1S/C23H23ClN4O3/c1-13(31-20-11-17(24)12-26-22(20)25)14-4-3-5-18(8-14)27-23(30)16-7-6-15-10-21(29)28(2)19(15)9-16/h3-9,11-13,21,29H,10H2,1-2H3,(H2,25,26)(H,27,30)/t13-,21?/m1/s1. The van der Waals surface area contributed by atoms with Gasteiger partial charge in [-0.15, -0.1) is 0 Å². The zero-order chi connectivity index (χ0) is 22.1. The number of amides is 1. The summed E-state index contributed by atoms with van der Waals surface area (Å²) >= 11 is 5.98. The molecule has 3 aromatic rings. The van der Waals surface area contributed by atoms with Crippen molar-refractivity contribution in [2.24, 2.45) is 0 Å². The van der Waals surface area contributed by atoms with Crippen LogP contribution in [-0.2, 0) is 6.42 Å². The molecule has 1 amide bonds. The molecular weight excluding hydrogens is 416 g/mol. The number of pyridine rings is 1. The van der Waals surface area contributed by atoms with Gasteiger partial charge in [-0.3, -0.25) is 4.79 Å². The van der Waals surface area contributed by atoms with Crippen LogP contribution in [0.3, 0.4) is 0 Å². The van der Waals surface area contributed by atoms with Crippen LogP contribution in [0.5, 0.6) is 5.75 Å². The van der Waals surface area contributed by atoms with Crippen LogP contribution in [0.2, 0.25) is 5.02 Å². The second-order valence-electron chi connectivity index (χ2n) is 7.52. The number of likely N-dealkylation sites (N-methyl/N-ethyl adjacent to an activating group) is 1. The second-order valence-corrected chi connectivity index (χ2v) is 7.95. The molecule has 0 saturated carbocycles. The fraction of sp³-hybridized carbons (Fsp3) is 0.217. The number of nitrogens with two attached hydrogens (primary N) is 1. The van der Waals surface area contributed by atoms with Crippen LogP contribution < -0.4 is 20.7 Å². The molecule has 4 rings (SSSR count). The smallest absolute Gasteiger partial charge is 0.255 e. The number of nitrogens with zero attached hydrogens (tertiary/aromatic N) is 2. The zero-order valence-corrected chi connectivity index (χ0v) is 17.9. The number of nitrogens with one attached hydrogen (secondary N) is 1. The van der Waals surface area contributed by atoms with E-state index in [-0.39, 0.29) is 17.8 Å². The van der Waals surface area contributed by atoms with Gasteiger partial charge in [0.15, 0.2) is 11.6 Å². The largest absolute Gasteiger partial charge is 0.482 e. The molecular formula is C23H23ClN4O3. The van der Waals surface area contributed by atoms with Crippen molar-refractivity contribution in [3.05, 3.63) is 76.4 Å². The minimum absolute atomic E-state index is 0.230. The first-order valence-corrected chi connectivity index (χ1v) is 10.2. The molecule has 0 saturated heterocycles. The maximum Gasteiger partial charge on any atom is 0.255 e. The van der Waals surface area contributed by atoms with Gasteiger partial charge in [0.1, 0.15) is 12.3 Å². The lowest BCUT2D eigenvalue weighted by Crippen LogP contribution is -2.26. The van der Waals surface area contributed by atoms with Gasteiger partial charge in [-0.1, -0.05) is 29.8 Å². The molecule has 0 radical (unpaired) electrons. The van der Waals surface area contributed by atoms with E-state index in [9.17, 15) is 9.90 Å². The van der Waals surface area contributed by atoms with Crippen molar-refractivity contribution in [2.45, 2.75) is 25.7 Å². The summed E-state index contributed by atoms with van der Waals surface area (Å²) in [6, 6.07) is 14.5. The molecule has 2 heterocycles. The Labute approximate surface area is 185 Å². The highest BCUT2D eigenvalue weighted by molar-refractivity contribution is 6.30. The van der Waals surface area contributed by atoms with E-state index < -0.39 is 6.23 Å². The normalized spacial score (nSPS) is 16.0. The second kappa shape index (κ2) is 8.45. The topological polar surface area (TPSA) is 101 Å². The number of hydrogen-bond donors (Lipinski definition) is 3. The van der Waals surface area contributed by atoms with Crippen molar-refractivity contribution < 1.29 is 14.6 Å². The van der Waals surface area contributed by atoms with Crippen molar-refractivity contribution >= 4 is 34.7 Å². The lowest BCUT2D eigenvalue weighted by molar-refractivity contribution is 0.102. The molecule has 1 aliphatic heterocycles. The van der Waals surface area contributed by atoms with E-state index >= 15 is 0 Å². The molecule has 1 unspecified atom stereocenters. The molecule has 1 aliphatic rings. The van der Waals surface area contributed by atoms with Gasteiger partial charge in [0, 0.05) is 42.7 Å². The van der Waals surface area contributed by atoms with Gasteiger partial charge in [-0.05, 0) is 42.3 Å². The molecule has 31 heavy (non-hydrogen) atoms. The van der Waals surface area contributed by atoms with Crippen molar-refractivity contribution in [1.82, 2.24) is 4.98 Å². The number of carbonyl (C=O) groups is 1. The number of hydrogen-bond acceptors (Lipinski definition) is 6. The maximum atomic E-state index is 12.8. The first-order valence-electron chi connectivity index (χ1n) is 9.84. The van der Waals surface area contributed by atoms with Crippen LogP contribution in [0.1, 0.15) is 34.5 Å². The van der Waals surface area contributed by atoms with Gasteiger partial charge in [-0.2, -0.15) is 0 Å². The van der Waals surface area contributed by atoms with Crippen LogP contribution in [0.25, 0.3) is 0 Å². The highest BCUT2D eigenvalue weighted by Crippen LogP contribution is 2.32.